The SMILES string of the molecule is CCO[Si]N=C=O. The number of hydrogen-bond donors (Lipinski definition) is 0. The third kappa shape index (κ3) is 5.56. The molecular formula is C3H5NO2Si. The summed E-state index contributed by atoms with van der Waals surface area (Å²) in [7, 11) is -0.0664. The smallest absolute Gasteiger partial charge is 0.397 e. The zero-order chi connectivity index (χ0) is 5.54. The monoisotopic (exact) mass is 115 g/mol. The van der Waals surface area contributed by atoms with Crippen LogP contribution in [0.4, 0.5) is 0 Å². The summed E-state index contributed by atoms with van der Waals surface area (Å²) in [5, 5.41) is 0. The predicted octanol–water partition coefficient (Wildman–Crippen LogP) is -0.107. The van der Waals surface area contributed by atoms with Gasteiger partial charge in [0.25, 0.3) is 0 Å². The summed E-state index contributed by atoms with van der Waals surface area (Å²) in [6.07, 6.45) is 1.36. The number of nitrogens with zero attached hydrogens (tertiary/aromatic N) is 1. The van der Waals surface area contributed by atoms with Crippen LogP contribution in [0.1, 0.15) is 6.92 Å². The maximum atomic E-state index is 9.31. The van der Waals surface area contributed by atoms with E-state index in [1.807, 2.05) is 6.92 Å². The van der Waals surface area contributed by atoms with Crippen molar-refractivity contribution in [3.05, 3.63) is 0 Å². The molecule has 0 heterocycles. The van der Waals surface area contributed by atoms with E-state index in [1.165, 1.54) is 6.08 Å². The number of carbonyl (C=O) groups excluding carboxylic acids is 1. The lowest BCUT2D eigenvalue weighted by atomic mass is 10.9. The number of isocyanates is 1. The maximum Gasteiger partial charge on any atom is 0.416 e. The van der Waals surface area contributed by atoms with Crippen molar-refractivity contribution in [1.82, 2.24) is 0 Å². The molecule has 0 atom stereocenters. The second-order valence-electron chi connectivity index (χ2n) is 0.727. The summed E-state index contributed by atoms with van der Waals surface area (Å²) in [5.74, 6) is 0. The van der Waals surface area contributed by atoms with E-state index in [4.69, 9.17) is 0 Å². The van der Waals surface area contributed by atoms with Gasteiger partial charge < -0.3 is 4.43 Å². The van der Waals surface area contributed by atoms with Crippen molar-refractivity contribution in [3.63, 3.8) is 0 Å². The van der Waals surface area contributed by atoms with Crippen molar-refractivity contribution in [3.8, 4) is 0 Å². The first-order valence-corrected chi connectivity index (χ1v) is 2.71. The summed E-state index contributed by atoms with van der Waals surface area (Å²) in [6.45, 7) is 2.44. The van der Waals surface area contributed by atoms with Crippen LogP contribution >= 0.6 is 0 Å². The first-order valence-electron chi connectivity index (χ1n) is 1.85. The van der Waals surface area contributed by atoms with E-state index in [0.717, 1.165) is 0 Å². The Kier molecular flexibility index (Phi) is 5.21. The van der Waals surface area contributed by atoms with E-state index < -0.39 is 0 Å². The molecule has 0 spiro atoms. The summed E-state index contributed by atoms with van der Waals surface area (Å²) >= 11 is 0. The Morgan fingerprint density at radius 1 is 2.00 bits per heavy atom. The van der Waals surface area contributed by atoms with E-state index in [2.05, 4.69) is 9.08 Å². The second kappa shape index (κ2) is 5.56. The van der Waals surface area contributed by atoms with E-state index in [0.29, 0.717) is 6.61 Å². The van der Waals surface area contributed by atoms with Gasteiger partial charge in [-0.2, -0.15) is 0 Å². The molecule has 0 saturated carbocycles. The molecule has 0 aromatic rings. The number of hydrogen-bond acceptors (Lipinski definition) is 3. The molecule has 0 aromatic heterocycles. The lowest BCUT2D eigenvalue weighted by molar-refractivity contribution is 0.361. The van der Waals surface area contributed by atoms with Gasteiger partial charge in [0.15, 0.2) is 0 Å². The molecule has 0 aliphatic carbocycles. The molecule has 3 nitrogen and oxygen atoms in total. The molecule has 0 bridgehead atoms. The summed E-state index contributed by atoms with van der Waals surface area (Å²) in [6, 6.07) is 0. The van der Waals surface area contributed by atoms with Gasteiger partial charge in [-0.05, 0) is 6.92 Å². The van der Waals surface area contributed by atoms with Crippen LogP contribution in [-0.4, -0.2) is 22.6 Å². The molecule has 0 aliphatic heterocycles. The Hall–Kier alpha value is -0.443. The van der Waals surface area contributed by atoms with Gasteiger partial charge >= 0.3 is 9.92 Å². The van der Waals surface area contributed by atoms with Crippen LogP contribution in [0.25, 0.3) is 0 Å². The minimum absolute atomic E-state index is 0.0664. The van der Waals surface area contributed by atoms with Crippen LogP contribution < -0.4 is 0 Å². The van der Waals surface area contributed by atoms with Gasteiger partial charge in [0.05, 0.1) is 0 Å². The second-order valence-corrected chi connectivity index (χ2v) is 1.42. The van der Waals surface area contributed by atoms with Gasteiger partial charge in [0.1, 0.15) is 0 Å². The Morgan fingerprint density at radius 2 is 2.71 bits per heavy atom. The highest BCUT2D eigenvalue weighted by molar-refractivity contribution is 6.26. The van der Waals surface area contributed by atoms with E-state index in [1.54, 1.807) is 0 Å². The van der Waals surface area contributed by atoms with Crippen molar-refractivity contribution in [2.75, 3.05) is 6.61 Å². The first kappa shape index (κ1) is 6.56. The highest BCUT2D eigenvalue weighted by atomic mass is 28.2. The van der Waals surface area contributed by atoms with Crippen LogP contribution in [0.5, 0.6) is 0 Å². The molecule has 0 N–H and O–H groups in total. The number of rotatable bonds is 3. The van der Waals surface area contributed by atoms with Gasteiger partial charge in [0, 0.05) is 6.61 Å². The van der Waals surface area contributed by atoms with Gasteiger partial charge in [0.2, 0.25) is 6.08 Å². The molecule has 4 heteroatoms. The van der Waals surface area contributed by atoms with Crippen LogP contribution in [0.3, 0.4) is 0 Å². The van der Waals surface area contributed by atoms with Crippen molar-refractivity contribution < 1.29 is 9.22 Å². The molecule has 0 saturated heterocycles. The Bertz CT molecular complexity index is 79.0. The van der Waals surface area contributed by atoms with Gasteiger partial charge in [-0.25, -0.2) is 9.45 Å². The third-order valence-corrected chi connectivity index (χ3v) is 0.901. The van der Waals surface area contributed by atoms with Crippen LogP contribution in [-0.2, 0) is 9.22 Å². The topological polar surface area (TPSA) is 38.7 Å². The normalized spacial score (nSPS) is 7.57. The predicted molar refractivity (Wildman–Crippen MR) is 25.5 cm³/mol. The lowest BCUT2D eigenvalue weighted by Gasteiger charge is -1.83. The van der Waals surface area contributed by atoms with Gasteiger partial charge in [-0.3, -0.25) is 0 Å². The molecule has 0 aliphatic rings. The van der Waals surface area contributed by atoms with Crippen LogP contribution in [0.2, 0.25) is 0 Å². The first-order chi connectivity index (χ1) is 3.41. The van der Waals surface area contributed by atoms with E-state index in [-0.39, 0.29) is 9.92 Å². The summed E-state index contributed by atoms with van der Waals surface area (Å²) < 4.78 is 7.83. The molecule has 38 valence electrons. The van der Waals surface area contributed by atoms with E-state index in [9.17, 15) is 4.79 Å². The minimum Gasteiger partial charge on any atom is -0.397 e. The fourth-order valence-electron chi connectivity index (χ4n) is 0.115. The average molecular weight is 115 g/mol. The Balaban J connectivity index is 2.83. The molecule has 0 unspecified atom stereocenters. The molecule has 7 heavy (non-hydrogen) atoms. The lowest BCUT2D eigenvalue weighted by Crippen LogP contribution is -1.92. The fraction of sp³-hybridized carbons (Fsp3) is 0.667. The molecule has 0 amide bonds. The third-order valence-electron chi connectivity index (χ3n) is 0.300. The van der Waals surface area contributed by atoms with Crippen LogP contribution in [0, 0.1) is 0 Å². The average Bonchev–Trinajstić information content (AvgIpc) is 1.69. The van der Waals surface area contributed by atoms with Crippen molar-refractivity contribution in [1.29, 1.82) is 0 Å². The fourth-order valence-corrected chi connectivity index (χ4v) is 0.346. The van der Waals surface area contributed by atoms with Crippen molar-refractivity contribution in [2.24, 2.45) is 4.66 Å². The highest BCUT2D eigenvalue weighted by Crippen LogP contribution is 1.65. The zero-order valence-electron chi connectivity index (χ0n) is 3.97. The van der Waals surface area contributed by atoms with Crippen LogP contribution in [0.15, 0.2) is 4.66 Å². The molecule has 2 radical (unpaired) electrons. The maximum absolute atomic E-state index is 9.31. The summed E-state index contributed by atoms with van der Waals surface area (Å²) in [5.41, 5.74) is 0. The van der Waals surface area contributed by atoms with E-state index >= 15 is 0 Å². The largest absolute Gasteiger partial charge is 0.416 e. The molecular weight excluding hydrogens is 110 g/mol. The highest BCUT2D eigenvalue weighted by Gasteiger charge is 1.78. The van der Waals surface area contributed by atoms with Crippen molar-refractivity contribution in [2.45, 2.75) is 6.92 Å². The summed E-state index contributed by atoms with van der Waals surface area (Å²) in [4.78, 5) is 9.31. The van der Waals surface area contributed by atoms with Gasteiger partial charge in [-0.15, -0.1) is 0 Å². The Morgan fingerprint density at radius 3 is 3.14 bits per heavy atom. The quantitative estimate of drug-likeness (QED) is 0.223. The zero-order valence-corrected chi connectivity index (χ0v) is 4.97. The Labute approximate surface area is 44.4 Å². The molecule has 0 aromatic carbocycles. The molecule has 0 fully saturated rings. The molecule has 0 rings (SSSR count). The minimum atomic E-state index is -0.0664. The van der Waals surface area contributed by atoms with Gasteiger partial charge in [-0.1, -0.05) is 0 Å². The van der Waals surface area contributed by atoms with Crippen molar-refractivity contribution >= 4 is 16.0 Å². The standard InChI is InChI=1S/C3H5NO2Si/c1-2-6-7-4-3-5/h2H2,1H3.